The molecule has 0 bridgehead atoms. The van der Waals surface area contributed by atoms with Crippen LogP contribution in [0.25, 0.3) is 22.3 Å². The van der Waals surface area contributed by atoms with Crippen LogP contribution >= 0.6 is 0 Å². The number of ether oxygens (including phenoxy) is 1. The number of aryl methyl sites for hydroxylation is 1. The number of anilines is 1. The third-order valence-electron chi connectivity index (χ3n) is 5.74. The van der Waals surface area contributed by atoms with E-state index in [0.717, 1.165) is 43.0 Å². The van der Waals surface area contributed by atoms with E-state index in [-0.39, 0.29) is 5.75 Å². The molecule has 0 spiro atoms. The maximum atomic E-state index is 10.2. The molecule has 2 aromatic carbocycles. The van der Waals surface area contributed by atoms with Gasteiger partial charge in [-0.15, -0.1) is 0 Å². The Kier molecular flexibility index (Phi) is 9.04. The molecule has 3 heterocycles. The fourth-order valence-corrected chi connectivity index (χ4v) is 3.88. The minimum Gasteiger partial charge on any atom is -0.507 e. The number of benzene rings is 2. The average molecular weight is 467 g/mol. The van der Waals surface area contributed by atoms with Gasteiger partial charge in [-0.25, -0.2) is 14.8 Å². The Labute approximate surface area is 200 Å². The van der Waals surface area contributed by atoms with Gasteiger partial charge in [0.05, 0.1) is 11.1 Å². The Morgan fingerprint density at radius 3 is 2.41 bits per heavy atom. The lowest BCUT2D eigenvalue weighted by Crippen LogP contribution is -2.21. The van der Waals surface area contributed by atoms with Crippen LogP contribution in [0, 0.1) is 12.8 Å². The second kappa shape index (κ2) is 12.2. The maximum absolute atomic E-state index is 10.2. The molecular formula is C26H34N4O4. The van der Waals surface area contributed by atoms with Crippen LogP contribution in [-0.2, 0) is 4.74 Å². The number of nitrogens with one attached hydrogen (secondary N) is 1. The first kappa shape index (κ1) is 25.2. The van der Waals surface area contributed by atoms with Crippen molar-refractivity contribution in [3.05, 3.63) is 48.0 Å². The average Bonchev–Trinajstić information content (AvgIpc) is 3.54. The molecular weight excluding hydrogens is 432 g/mol. The number of fused-ring (bicyclic) bond motifs is 1. The minimum atomic E-state index is -0.995. The second-order valence-corrected chi connectivity index (χ2v) is 8.62. The van der Waals surface area contributed by atoms with E-state index in [0.29, 0.717) is 17.3 Å². The van der Waals surface area contributed by atoms with Crippen molar-refractivity contribution in [1.82, 2.24) is 15.3 Å². The highest BCUT2D eigenvalue weighted by Crippen LogP contribution is 2.33. The normalized spacial score (nSPS) is 16.9. The summed E-state index contributed by atoms with van der Waals surface area (Å²) in [5.41, 5.74) is 2.78. The topological polar surface area (TPSA) is 108 Å². The van der Waals surface area contributed by atoms with Crippen LogP contribution in [0.1, 0.15) is 31.7 Å². The number of aromatic nitrogens is 2. The lowest BCUT2D eigenvalue weighted by atomic mass is 10.1. The highest BCUT2D eigenvalue weighted by molar-refractivity contribution is 5.92. The number of phenols is 1. The van der Waals surface area contributed by atoms with E-state index < -0.39 is 6.09 Å². The summed E-state index contributed by atoms with van der Waals surface area (Å²) in [5.74, 6) is 2.45. The fourth-order valence-electron chi connectivity index (χ4n) is 3.88. The highest BCUT2D eigenvalue weighted by atomic mass is 16.5. The standard InChI is InChI=1S/C20H21N3O.C4H8O.C2H5NO2/c1-13-7-8-15-17(11-13)21-19(16-5-3-4-6-18(16)24)22-20(15)23-10-9-14(2)12-23;1-2-4-5-3-1;1-3-2(4)5/h3-8,11,14,24H,9-10,12H2,1-2H3;1-4H2;3H,1H3,(H,4,5). The first-order valence-electron chi connectivity index (χ1n) is 11.7. The lowest BCUT2D eigenvalue weighted by molar-refractivity contribution is 0.197. The number of carboxylic acid groups (broad SMARTS) is 1. The molecule has 1 amide bonds. The van der Waals surface area contributed by atoms with Crippen molar-refractivity contribution in [2.45, 2.75) is 33.1 Å². The molecule has 0 radical (unpaired) electrons. The fraction of sp³-hybridized carbons (Fsp3) is 0.423. The molecule has 34 heavy (non-hydrogen) atoms. The first-order chi connectivity index (χ1) is 16.4. The molecule has 0 saturated carbocycles. The zero-order valence-electron chi connectivity index (χ0n) is 20.1. The van der Waals surface area contributed by atoms with Crippen LogP contribution < -0.4 is 10.2 Å². The Hall–Kier alpha value is -3.39. The number of phenolic OH excluding ortho intramolecular Hbond substituents is 1. The summed E-state index contributed by atoms with van der Waals surface area (Å²) in [5, 5.41) is 20.8. The molecule has 2 saturated heterocycles. The van der Waals surface area contributed by atoms with Crippen molar-refractivity contribution in [3.8, 4) is 17.1 Å². The van der Waals surface area contributed by atoms with Gasteiger partial charge < -0.3 is 25.2 Å². The van der Waals surface area contributed by atoms with E-state index in [1.807, 2.05) is 23.5 Å². The van der Waals surface area contributed by atoms with Crippen molar-refractivity contribution >= 4 is 22.8 Å². The summed E-state index contributed by atoms with van der Waals surface area (Å²) < 4.78 is 4.94. The minimum absolute atomic E-state index is 0.213. The van der Waals surface area contributed by atoms with Crippen LogP contribution in [0.3, 0.4) is 0 Å². The van der Waals surface area contributed by atoms with E-state index in [4.69, 9.17) is 19.8 Å². The van der Waals surface area contributed by atoms with Gasteiger partial charge in [-0.3, -0.25) is 0 Å². The summed E-state index contributed by atoms with van der Waals surface area (Å²) in [6, 6.07) is 13.6. The zero-order valence-corrected chi connectivity index (χ0v) is 20.1. The van der Waals surface area contributed by atoms with Crippen LogP contribution in [0.5, 0.6) is 5.75 Å². The number of hydrogen-bond donors (Lipinski definition) is 3. The molecule has 3 N–H and O–H groups in total. The monoisotopic (exact) mass is 466 g/mol. The van der Waals surface area contributed by atoms with Gasteiger partial charge in [0.25, 0.3) is 0 Å². The van der Waals surface area contributed by atoms with Crippen LogP contribution in [0.15, 0.2) is 42.5 Å². The predicted octanol–water partition coefficient (Wildman–Crippen LogP) is 4.84. The second-order valence-electron chi connectivity index (χ2n) is 8.62. The number of carbonyl (C=O) groups is 1. The van der Waals surface area contributed by atoms with E-state index >= 15 is 0 Å². The highest BCUT2D eigenvalue weighted by Gasteiger charge is 2.23. The predicted molar refractivity (Wildman–Crippen MR) is 135 cm³/mol. The van der Waals surface area contributed by atoms with Gasteiger partial charge in [0.1, 0.15) is 11.6 Å². The largest absolute Gasteiger partial charge is 0.507 e. The SMILES string of the molecule is C1CCOC1.CNC(=O)O.Cc1ccc2c(N3CCC(C)C3)nc(-c3ccccc3O)nc2c1. The number of para-hydroxylation sites is 1. The van der Waals surface area contributed by atoms with Crippen molar-refractivity contribution < 1.29 is 19.7 Å². The van der Waals surface area contributed by atoms with E-state index in [1.165, 1.54) is 31.9 Å². The van der Waals surface area contributed by atoms with Gasteiger partial charge >= 0.3 is 6.09 Å². The molecule has 8 nitrogen and oxygen atoms in total. The number of amides is 1. The first-order valence-corrected chi connectivity index (χ1v) is 11.7. The van der Waals surface area contributed by atoms with Crippen molar-refractivity contribution in [2.24, 2.45) is 5.92 Å². The van der Waals surface area contributed by atoms with E-state index in [1.54, 1.807) is 6.07 Å². The summed E-state index contributed by atoms with van der Waals surface area (Å²) in [6.45, 7) is 8.37. The molecule has 2 aliphatic heterocycles. The van der Waals surface area contributed by atoms with Crippen molar-refractivity contribution in [1.29, 1.82) is 0 Å². The summed E-state index contributed by atoms with van der Waals surface area (Å²) in [4.78, 5) is 21.2. The van der Waals surface area contributed by atoms with Gasteiger partial charge in [-0.05, 0) is 61.9 Å². The van der Waals surface area contributed by atoms with Gasteiger partial charge in [0.2, 0.25) is 0 Å². The van der Waals surface area contributed by atoms with Gasteiger partial charge in [-0.2, -0.15) is 0 Å². The van der Waals surface area contributed by atoms with Crippen molar-refractivity contribution in [3.63, 3.8) is 0 Å². The van der Waals surface area contributed by atoms with Gasteiger partial charge in [0, 0.05) is 38.7 Å². The molecule has 1 aromatic heterocycles. The molecule has 8 heteroatoms. The van der Waals surface area contributed by atoms with E-state index in [9.17, 15) is 9.90 Å². The van der Waals surface area contributed by atoms with Crippen LogP contribution in [0.4, 0.5) is 10.6 Å². The molecule has 2 aliphatic rings. The summed E-state index contributed by atoms with van der Waals surface area (Å²) >= 11 is 0. The smallest absolute Gasteiger partial charge is 0.404 e. The number of aromatic hydroxyl groups is 1. The third kappa shape index (κ3) is 6.81. The summed E-state index contributed by atoms with van der Waals surface area (Å²) in [6.07, 6.45) is 2.74. The van der Waals surface area contributed by atoms with Crippen LogP contribution in [-0.4, -0.2) is 59.6 Å². The molecule has 2 fully saturated rings. The number of nitrogens with zero attached hydrogens (tertiary/aromatic N) is 3. The molecule has 3 aromatic rings. The van der Waals surface area contributed by atoms with E-state index in [2.05, 4.69) is 36.9 Å². The van der Waals surface area contributed by atoms with Gasteiger partial charge in [0.15, 0.2) is 5.82 Å². The molecule has 5 rings (SSSR count). The molecule has 0 aliphatic carbocycles. The van der Waals surface area contributed by atoms with Crippen molar-refractivity contribution in [2.75, 3.05) is 38.3 Å². The number of rotatable bonds is 2. The van der Waals surface area contributed by atoms with Crippen LogP contribution in [0.2, 0.25) is 0 Å². The quantitative estimate of drug-likeness (QED) is 0.496. The Bertz CT molecular complexity index is 1090. The molecule has 1 atom stereocenters. The Balaban J connectivity index is 0.000000271. The van der Waals surface area contributed by atoms with Gasteiger partial charge in [-0.1, -0.05) is 25.1 Å². The third-order valence-corrected chi connectivity index (χ3v) is 5.74. The molecule has 1 unspecified atom stereocenters. The Morgan fingerprint density at radius 2 is 1.85 bits per heavy atom. The maximum Gasteiger partial charge on any atom is 0.404 e. The number of hydrogen-bond acceptors (Lipinski definition) is 6. The zero-order chi connectivity index (χ0) is 24.5. The lowest BCUT2D eigenvalue weighted by Gasteiger charge is -2.20. The summed E-state index contributed by atoms with van der Waals surface area (Å²) in [7, 11) is 1.35. The molecule has 182 valence electrons. The Morgan fingerprint density at radius 1 is 1.15 bits per heavy atom.